The number of aryl methyl sites for hydroxylation is 1. The van der Waals surface area contributed by atoms with Crippen LogP contribution in [-0.2, 0) is 36.7 Å². The second kappa shape index (κ2) is 6.39. The van der Waals surface area contributed by atoms with Crippen molar-refractivity contribution in [3.05, 3.63) is 61.9 Å². The Kier molecular flexibility index (Phi) is 4.26. The van der Waals surface area contributed by atoms with Crippen LogP contribution in [0.2, 0.25) is 0 Å². The first kappa shape index (κ1) is 16.7. The predicted molar refractivity (Wildman–Crippen MR) is 89.4 cm³/mol. The lowest BCUT2D eigenvalue weighted by Crippen LogP contribution is -2.38. The van der Waals surface area contributed by atoms with Crippen LogP contribution >= 0.6 is 0 Å². The Balaban J connectivity index is 1.77. The molecule has 2 heterocycles. The van der Waals surface area contributed by atoms with Crippen LogP contribution in [0.4, 0.5) is 5.69 Å². The molecule has 0 saturated carbocycles. The van der Waals surface area contributed by atoms with Gasteiger partial charge < -0.3 is 10.1 Å². The number of benzene rings is 1. The fourth-order valence-corrected chi connectivity index (χ4v) is 2.65. The molecular formula is C17H17N3O5. The maximum Gasteiger partial charge on any atom is 0.338 e. The highest BCUT2D eigenvalue weighted by molar-refractivity contribution is 5.96. The van der Waals surface area contributed by atoms with E-state index < -0.39 is 17.2 Å². The Labute approximate surface area is 142 Å². The number of carbonyl (C=O) groups excluding carboxylic acids is 2. The Morgan fingerprint density at radius 2 is 1.88 bits per heavy atom. The number of hydrogen-bond acceptors (Lipinski definition) is 5. The van der Waals surface area contributed by atoms with Gasteiger partial charge in [-0.1, -0.05) is 0 Å². The number of rotatable bonds is 3. The molecule has 0 radical (unpaired) electrons. The smallest absolute Gasteiger partial charge is 0.338 e. The number of anilines is 1. The zero-order chi connectivity index (χ0) is 18.1. The molecule has 1 aromatic heterocycles. The molecule has 1 aliphatic heterocycles. The van der Waals surface area contributed by atoms with E-state index in [2.05, 4.69) is 5.32 Å². The van der Waals surface area contributed by atoms with Gasteiger partial charge in [0.25, 0.3) is 5.56 Å². The summed E-state index contributed by atoms with van der Waals surface area (Å²) in [4.78, 5) is 47.1. The molecule has 1 aliphatic rings. The van der Waals surface area contributed by atoms with Crippen molar-refractivity contribution in [3.63, 3.8) is 0 Å². The summed E-state index contributed by atoms with van der Waals surface area (Å²) in [5.74, 6) is -0.609. The van der Waals surface area contributed by atoms with Crippen LogP contribution in [0.5, 0.6) is 0 Å². The fourth-order valence-electron chi connectivity index (χ4n) is 2.65. The van der Waals surface area contributed by atoms with Crippen molar-refractivity contribution in [1.82, 2.24) is 9.13 Å². The van der Waals surface area contributed by atoms with Crippen molar-refractivity contribution in [1.29, 1.82) is 0 Å². The van der Waals surface area contributed by atoms with E-state index in [1.54, 1.807) is 18.2 Å². The van der Waals surface area contributed by atoms with Gasteiger partial charge in [0.15, 0.2) is 0 Å². The van der Waals surface area contributed by atoms with E-state index in [1.807, 2.05) is 0 Å². The van der Waals surface area contributed by atoms with Crippen molar-refractivity contribution >= 4 is 17.6 Å². The normalized spacial score (nSPS) is 13.1. The zero-order valence-corrected chi connectivity index (χ0v) is 13.9. The van der Waals surface area contributed by atoms with Gasteiger partial charge in [-0.2, -0.15) is 0 Å². The lowest BCUT2D eigenvalue weighted by molar-refractivity contribution is -0.116. The third kappa shape index (κ3) is 3.23. The molecule has 3 rings (SSSR count). The second-order valence-electron chi connectivity index (χ2n) is 5.87. The molecule has 1 N–H and O–H groups in total. The number of nitrogens with zero attached hydrogens (tertiary/aromatic N) is 2. The van der Waals surface area contributed by atoms with Gasteiger partial charge in [-0.15, -0.1) is 0 Å². The van der Waals surface area contributed by atoms with Gasteiger partial charge in [0.1, 0.15) is 6.61 Å². The van der Waals surface area contributed by atoms with Gasteiger partial charge in [0, 0.05) is 32.3 Å². The van der Waals surface area contributed by atoms with Gasteiger partial charge >= 0.3 is 11.7 Å². The summed E-state index contributed by atoms with van der Waals surface area (Å²) in [6.07, 6.45) is 0.937. The average Bonchev–Trinajstić information content (AvgIpc) is 2.61. The number of nitrogens with one attached hydrogen (secondary N) is 1. The summed E-state index contributed by atoms with van der Waals surface area (Å²) in [6.45, 7) is -0.186. The Hall–Kier alpha value is -3.16. The summed E-state index contributed by atoms with van der Waals surface area (Å²) >= 11 is 0. The van der Waals surface area contributed by atoms with Crippen molar-refractivity contribution in [2.75, 3.05) is 5.32 Å². The average molecular weight is 343 g/mol. The molecule has 0 saturated heterocycles. The Morgan fingerprint density at radius 1 is 1.12 bits per heavy atom. The van der Waals surface area contributed by atoms with E-state index in [1.165, 1.54) is 24.7 Å². The number of aromatic nitrogens is 2. The van der Waals surface area contributed by atoms with Gasteiger partial charge in [0.05, 0.1) is 11.3 Å². The quantitative estimate of drug-likeness (QED) is 0.810. The highest BCUT2D eigenvalue weighted by Crippen LogP contribution is 2.23. The molecule has 130 valence electrons. The first-order valence-corrected chi connectivity index (χ1v) is 7.72. The molecule has 0 fully saturated rings. The van der Waals surface area contributed by atoms with Crippen LogP contribution in [0.15, 0.2) is 33.9 Å². The van der Waals surface area contributed by atoms with E-state index in [-0.39, 0.29) is 12.5 Å². The number of fused-ring (bicyclic) bond motifs is 1. The van der Waals surface area contributed by atoms with Crippen LogP contribution in [0.1, 0.15) is 28.0 Å². The van der Waals surface area contributed by atoms with E-state index in [0.717, 1.165) is 10.1 Å². The molecular weight excluding hydrogens is 326 g/mol. The molecule has 2 aromatic rings. The maximum atomic E-state index is 12.2. The minimum absolute atomic E-state index is 0.0469. The summed E-state index contributed by atoms with van der Waals surface area (Å²) < 4.78 is 7.46. The second-order valence-corrected chi connectivity index (χ2v) is 5.87. The van der Waals surface area contributed by atoms with Crippen molar-refractivity contribution < 1.29 is 14.3 Å². The van der Waals surface area contributed by atoms with E-state index in [4.69, 9.17) is 4.74 Å². The summed E-state index contributed by atoms with van der Waals surface area (Å²) in [7, 11) is 2.89. The first-order chi connectivity index (χ1) is 11.9. The van der Waals surface area contributed by atoms with Crippen molar-refractivity contribution in [2.45, 2.75) is 19.4 Å². The van der Waals surface area contributed by atoms with E-state index in [9.17, 15) is 19.2 Å². The number of amides is 1. The highest BCUT2D eigenvalue weighted by Gasteiger charge is 2.17. The largest absolute Gasteiger partial charge is 0.456 e. The van der Waals surface area contributed by atoms with Crippen molar-refractivity contribution in [2.24, 2.45) is 14.1 Å². The zero-order valence-electron chi connectivity index (χ0n) is 13.9. The summed E-state index contributed by atoms with van der Waals surface area (Å²) in [5, 5.41) is 2.74. The monoisotopic (exact) mass is 343 g/mol. The Morgan fingerprint density at radius 3 is 2.64 bits per heavy atom. The van der Waals surface area contributed by atoms with Gasteiger partial charge in [0.2, 0.25) is 5.91 Å². The SMILES string of the molecule is Cn1c(COC(=O)c2ccc3c(c2)CCC(=O)N3)cc(=O)n(C)c1=O. The predicted octanol–water partition coefficient (Wildman–Crippen LogP) is 0.326. The standard InChI is InChI=1S/C17H17N3O5/c1-19-12(8-15(22)20(2)17(19)24)9-25-16(23)11-3-5-13-10(7-11)4-6-14(21)18-13/h3,5,7-8H,4,6,9H2,1-2H3,(H,18,21). The Bertz CT molecular complexity index is 987. The molecule has 25 heavy (non-hydrogen) atoms. The highest BCUT2D eigenvalue weighted by atomic mass is 16.5. The van der Waals surface area contributed by atoms with Crippen LogP contribution in [0, 0.1) is 0 Å². The van der Waals surface area contributed by atoms with Gasteiger partial charge in [-0.25, -0.2) is 9.59 Å². The molecule has 0 unspecified atom stereocenters. The lowest BCUT2D eigenvalue weighted by Gasteiger charge is -2.17. The maximum absolute atomic E-state index is 12.2. The van der Waals surface area contributed by atoms with Crippen molar-refractivity contribution in [3.8, 4) is 0 Å². The fraction of sp³-hybridized carbons (Fsp3) is 0.294. The minimum atomic E-state index is -0.562. The number of hydrogen-bond donors (Lipinski definition) is 1. The van der Waals surface area contributed by atoms with Crippen LogP contribution in [-0.4, -0.2) is 21.0 Å². The molecule has 1 amide bonds. The topological polar surface area (TPSA) is 99.4 Å². The number of carbonyl (C=O) groups is 2. The van der Waals surface area contributed by atoms with Gasteiger partial charge in [-0.3, -0.25) is 18.7 Å². The molecule has 8 nitrogen and oxygen atoms in total. The molecule has 0 aliphatic carbocycles. The van der Waals surface area contributed by atoms with Crippen LogP contribution in [0.3, 0.4) is 0 Å². The van der Waals surface area contributed by atoms with Crippen LogP contribution in [0.25, 0.3) is 0 Å². The summed E-state index contributed by atoms with van der Waals surface area (Å²) in [6, 6.07) is 6.17. The number of esters is 1. The third-order valence-corrected chi connectivity index (χ3v) is 4.21. The lowest BCUT2D eigenvalue weighted by atomic mass is 10.0. The number of ether oxygens (including phenoxy) is 1. The third-order valence-electron chi connectivity index (χ3n) is 4.21. The molecule has 1 aromatic carbocycles. The molecule has 0 bridgehead atoms. The van der Waals surface area contributed by atoms with E-state index >= 15 is 0 Å². The molecule has 0 atom stereocenters. The first-order valence-electron chi connectivity index (χ1n) is 7.72. The van der Waals surface area contributed by atoms with Crippen LogP contribution < -0.4 is 16.6 Å². The minimum Gasteiger partial charge on any atom is -0.456 e. The molecule has 0 spiro atoms. The van der Waals surface area contributed by atoms with E-state index in [0.29, 0.717) is 29.8 Å². The van der Waals surface area contributed by atoms with Gasteiger partial charge in [-0.05, 0) is 30.2 Å². The molecule has 8 heteroatoms. The summed E-state index contributed by atoms with van der Waals surface area (Å²) in [5.41, 5.74) is 1.29.